The molecule has 2 aromatic carbocycles. The number of amides is 2. The van der Waals surface area contributed by atoms with Crippen molar-refractivity contribution in [2.45, 2.75) is 25.8 Å². The van der Waals surface area contributed by atoms with Gasteiger partial charge in [0.15, 0.2) is 5.82 Å². The molecule has 0 spiro atoms. The number of anilines is 1. The Labute approximate surface area is 192 Å². The number of nitrogens with one attached hydrogen (secondary N) is 2. The number of benzene rings is 2. The molecular formula is C25H26N6O2. The number of aromatic nitrogens is 2. The van der Waals surface area contributed by atoms with E-state index in [0.717, 1.165) is 24.1 Å². The van der Waals surface area contributed by atoms with E-state index in [-0.39, 0.29) is 24.4 Å². The molecule has 8 heteroatoms. The highest BCUT2D eigenvalue weighted by molar-refractivity contribution is 5.95. The Morgan fingerprint density at radius 2 is 1.79 bits per heavy atom. The van der Waals surface area contributed by atoms with Crippen LogP contribution in [-0.2, 0) is 4.79 Å². The summed E-state index contributed by atoms with van der Waals surface area (Å²) in [4.78, 5) is 27.4. The minimum absolute atomic E-state index is 0.0532. The van der Waals surface area contributed by atoms with Crippen molar-refractivity contribution in [3.05, 3.63) is 77.5 Å². The fourth-order valence-electron chi connectivity index (χ4n) is 4.02. The van der Waals surface area contributed by atoms with Gasteiger partial charge in [-0.25, -0.2) is 4.68 Å². The molecular weight excluding hydrogens is 416 g/mol. The summed E-state index contributed by atoms with van der Waals surface area (Å²) in [5.74, 6) is 0.114. The molecule has 0 saturated carbocycles. The third-order valence-corrected chi connectivity index (χ3v) is 5.83. The highest BCUT2D eigenvalue weighted by atomic mass is 16.2. The molecule has 0 radical (unpaired) electrons. The van der Waals surface area contributed by atoms with Crippen LogP contribution in [0.2, 0.25) is 0 Å². The molecule has 1 fully saturated rings. The average Bonchev–Trinajstić information content (AvgIpc) is 3.23. The fraction of sp³-hybridized carbons (Fsp3) is 0.280. The summed E-state index contributed by atoms with van der Waals surface area (Å²) < 4.78 is 1.56. The minimum Gasteiger partial charge on any atom is -0.349 e. The van der Waals surface area contributed by atoms with Crippen LogP contribution < -0.4 is 10.6 Å². The van der Waals surface area contributed by atoms with E-state index < -0.39 is 0 Å². The van der Waals surface area contributed by atoms with Crippen molar-refractivity contribution in [2.24, 2.45) is 0 Å². The zero-order valence-corrected chi connectivity index (χ0v) is 18.5. The third kappa shape index (κ3) is 5.27. The number of piperidine rings is 1. The summed E-state index contributed by atoms with van der Waals surface area (Å²) in [5, 5.41) is 19.6. The molecule has 1 aliphatic heterocycles. The molecule has 3 aromatic rings. The molecule has 2 amide bonds. The number of hydrogen-bond acceptors (Lipinski definition) is 5. The number of rotatable bonds is 6. The van der Waals surface area contributed by atoms with Crippen LogP contribution in [0.1, 0.15) is 34.3 Å². The van der Waals surface area contributed by atoms with Crippen LogP contribution in [0.5, 0.6) is 0 Å². The molecule has 1 aliphatic rings. The van der Waals surface area contributed by atoms with Gasteiger partial charge in [0.25, 0.3) is 5.91 Å². The Morgan fingerprint density at radius 3 is 2.48 bits per heavy atom. The Bertz CT molecular complexity index is 1170. The SMILES string of the molecule is Cc1ccccc1C(=O)NC1CCN(CC(=O)Nc2c(C#N)cnn2-c2ccccc2)CC1. The lowest BCUT2D eigenvalue weighted by molar-refractivity contribution is -0.117. The third-order valence-electron chi connectivity index (χ3n) is 5.83. The van der Waals surface area contributed by atoms with E-state index in [1.165, 1.54) is 6.20 Å². The van der Waals surface area contributed by atoms with E-state index in [1.807, 2.05) is 61.5 Å². The van der Waals surface area contributed by atoms with Gasteiger partial charge in [-0.05, 0) is 43.5 Å². The molecule has 1 saturated heterocycles. The van der Waals surface area contributed by atoms with Crippen LogP contribution >= 0.6 is 0 Å². The largest absolute Gasteiger partial charge is 0.349 e. The number of aryl methyl sites for hydroxylation is 1. The van der Waals surface area contributed by atoms with Gasteiger partial charge < -0.3 is 10.6 Å². The number of carbonyl (C=O) groups excluding carboxylic acids is 2. The van der Waals surface area contributed by atoms with Gasteiger partial charge in [-0.3, -0.25) is 14.5 Å². The lowest BCUT2D eigenvalue weighted by atomic mass is 10.0. The smallest absolute Gasteiger partial charge is 0.251 e. The minimum atomic E-state index is -0.202. The number of nitrogens with zero attached hydrogens (tertiary/aromatic N) is 4. The van der Waals surface area contributed by atoms with Gasteiger partial charge in [-0.15, -0.1) is 0 Å². The van der Waals surface area contributed by atoms with Crippen LogP contribution in [0.3, 0.4) is 0 Å². The molecule has 0 unspecified atom stereocenters. The Morgan fingerprint density at radius 1 is 1.09 bits per heavy atom. The first kappa shape index (κ1) is 22.2. The first-order valence-electron chi connectivity index (χ1n) is 11.0. The number of nitriles is 1. The van der Waals surface area contributed by atoms with Crippen LogP contribution in [0, 0.1) is 18.3 Å². The maximum Gasteiger partial charge on any atom is 0.251 e. The topological polar surface area (TPSA) is 103 Å². The molecule has 168 valence electrons. The standard InChI is InChI=1S/C25H26N6O2/c1-18-7-5-6-10-22(18)25(33)28-20-11-13-30(14-12-20)17-23(32)29-24-19(15-26)16-27-31(24)21-8-3-2-4-9-21/h2-10,16,20H,11-14,17H2,1H3,(H,28,33)(H,29,32). The quantitative estimate of drug-likeness (QED) is 0.611. The van der Waals surface area contributed by atoms with Crippen molar-refractivity contribution in [1.29, 1.82) is 5.26 Å². The van der Waals surface area contributed by atoms with Gasteiger partial charge in [-0.1, -0.05) is 36.4 Å². The van der Waals surface area contributed by atoms with E-state index in [9.17, 15) is 14.9 Å². The highest BCUT2D eigenvalue weighted by Crippen LogP contribution is 2.20. The van der Waals surface area contributed by atoms with Gasteiger partial charge in [0.2, 0.25) is 5.91 Å². The van der Waals surface area contributed by atoms with E-state index in [0.29, 0.717) is 30.0 Å². The predicted octanol–water partition coefficient (Wildman–Crippen LogP) is 2.89. The molecule has 33 heavy (non-hydrogen) atoms. The summed E-state index contributed by atoms with van der Waals surface area (Å²) in [6.07, 6.45) is 3.00. The number of para-hydroxylation sites is 1. The van der Waals surface area contributed by atoms with Crippen LogP contribution in [0.4, 0.5) is 5.82 Å². The summed E-state index contributed by atoms with van der Waals surface area (Å²) in [6, 6.07) is 19.1. The average molecular weight is 443 g/mol. The molecule has 0 bridgehead atoms. The molecule has 2 heterocycles. The zero-order valence-electron chi connectivity index (χ0n) is 18.5. The van der Waals surface area contributed by atoms with Gasteiger partial charge >= 0.3 is 0 Å². The zero-order chi connectivity index (χ0) is 23.2. The Balaban J connectivity index is 1.32. The predicted molar refractivity (Wildman–Crippen MR) is 125 cm³/mol. The van der Waals surface area contributed by atoms with Gasteiger partial charge in [0.05, 0.1) is 18.4 Å². The maximum absolute atomic E-state index is 12.7. The van der Waals surface area contributed by atoms with Crippen molar-refractivity contribution >= 4 is 17.6 Å². The Hall–Kier alpha value is -3.96. The molecule has 1 aromatic heterocycles. The molecule has 8 nitrogen and oxygen atoms in total. The lowest BCUT2D eigenvalue weighted by Crippen LogP contribution is -2.46. The van der Waals surface area contributed by atoms with E-state index in [1.54, 1.807) is 4.68 Å². The molecule has 4 rings (SSSR count). The molecule has 0 aliphatic carbocycles. The van der Waals surface area contributed by atoms with E-state index in [2.05, 4.69) is 26.7 Å². The molecule has 2 N–H and O–H groups in total. The number of likely N-dealkylation sites (tertiary alicyclic amines) is 1. The van der Waals surface area contributed by atoms with Crippen LogP contribution in [0.15, 0.2) is 60.8 Å². The maximum atomic E-state index is 12.7. The van der Waals surface area contributed by atoms with Crippen molar-refractivity contribution in [3.8, 4) is 11.8 Å². The number of carbonyl (C=O) groups is 2. The summed E-state index contributed by atoms with van der Waals surface area (Å²) in [6.45, 7) is 3.55. The van der Waals surface area contributed by atoms with E-state index >= 15 is 0 Å². The second kappa shape index (κ2) is 10.1. The second-order valence-corrected chi connectivity index (χ2v) is 8.15. The van der Waals surface area contributed by atoms with E-state index in [4.69, 9.17) is 0 Å². The normalized spacial score (nSPS) is 14.4. The summed E-state index contributed by atoms with van der Waals surface area (Å²) in [7, 11) is 0. The van der Waals surface area contributed by atoms with Gasteiger partial charge in [0, 0.05) is 24.7 Å². The van der Waals surface area contributed by atoms with Crippen molar-refractivity contribution in [3.63, 3.8) is 0 Å². The van der Waals surface area contributed by atoms with Crippen molar-refractivity contribution < 1.29 is 9.59 Å². The fourth-order valence-corrected chi connectivity index (χ4v) is 4.02. The van der Waals surface area contributed by atoms with Crippen molar-refractivity contribution in [1.82, 2.24) is 20.0 Å². The summed E-state index contributed by atoms with van der Waals surface area (Å²) >= 11 is 0. The molecule has 0 atom stereocenters. The van der Waals surface area contributed by atoms with Gasteiger partial charge in [-0.2, -0.15) is 10.4 Å². The number of hydrogen-bond donors (Lipinski definition) is 2. The van der Waals surface area contributed by atoms with Gasteiger partial charge in [0.1, 0.15) is 11.6 Å². The van der Waals surface area contributed by atoms with Crippen molar-refractivity contribution in [2.75, 3.05) is 25.0 Å². The Kier molecular flexibility index (Phi) is 6.81. The van der Waals surface area contributed by atoms with Crippen LogP contribution in [0.25, 0.3) is 5.69 Å². The first-order chi connectivity index (χ1) is 16.0. The first-order valence-corrected chi connectivity index (χ1v) is 11.0. The highest BCUT2D eigenvalue weighted by Gasteiger charge is 2.24. The van der Waals surface area contributed by atoms with Crippen LogP contribution in [-0.4, -0.2) is 52.2 Å². The lowest BCUT2D eigenvalue weighted by Gasteiger charge is -2.32. The second-order valence-electron chi connectivity index (χ2n) is 8.15. The summed E-state index contributed by atoms with van der Waals surface area (Å²) in [5.41, 5.74) is 2.72. The monoisotopic (exact) mass is 442 g/mol.